The van der Waals surface area contributed by atoms with Crippen molar-refractivity contribution in [1.82, 2.24) is 20.6 Å². The van der Waals surface area contributed by atoms with Gasteiger partial charge in [-0.3, -0.25) is 10.1 Å². The van der Waals surface area contributed by atoms with Crippen LogP contribution in [0.25, 0.3) is 0 Å². The number of hydrogen-bond donors (Lipinski definition) is 4. The smallest absolute Gasteiger partial charge is 0.238 e. The molecule has 6 nitrogen and oxygen atoms in total. The average Bonchev–Trinajstić information content (AvgIpc) is 2.75. The Hall–Kier alpha value is -1.40. The summed E-state index contributed by atoms with van der Waals surface area (Å²) in [5.74, 6) is -0.0994. The molecular formula is C11H18N4O2. The SMILES string of the molecule is CC(C)(CO)NC(=O)C1Cc2nc[nH]c2CN1. The van der Waals surface area contributed by atoms with Gasteiger partial charge in [0.05, 0.1) is 35.9 Å². The number of fused-ring (bicyclic) bond motifs is 1. The maximum atomic E-state index is 12.0. The van der Waals surface area contributed by atoms with Crippen LogP contribution in [0.5, 0.6) is 0 Å². The first-order chi connectivity index (χ1) is 8.02. The lowest BCUT2D eigenvalue weighted by Gasteiger charge is -2.28. The number of nitrogens with one attached hydrogen (secondary N) is 3. The molecule has 2 heterocycles. The van der Waals surface area contributed by atoms with E-state index in [1.165, 1.54) is 0 Å². The maximum absolute atomic E-state index is 12.0. The Morgan fingerprint density at radius 3 is 3.18 bits per heavy atom. The zero-order chi connectivity index (χ0) is 12.5. The van der Waals surface area contributed by atoms with Gasteiger partial charge in [0.1, 0.15) is 0 Å². The van der Waals surface area contributed by atoms with Crippen molar-refractivity contribution in [2.24, 2.45) is 0 Å². The molecule has 0 spiro atoms. The summed E-state index contributed by atoms with van der Waals surface area (Å²) in [6.07, 6.45) is 2.22. The zero-order valence-corrected chi connectivity index (χ0v) is 10.1. The number of aliphatic hydroxyl groups is 1. The number of H-pyrrole nitrogens is 1. The number of aromatic nitrogens is 2. The van der Waals surface area contributed by atoms with Gasteiger partial charge in [-0.05, 0) is 13.8 Å². The van der Waals surface area contributed by atoms with Gasteiger partial charge in [0, 0.05) is 13.0 Å². The molecule has 1 amide bonds. The van der Waals surface area contributed by atoms with Crippen LogP contribution in [0.2, 0.25) is 0 Å². The van der Waals surface area contributed by atoms with Crippen molar-refractivity contribution in [2.75, 3.05) is 6.61 Å². The summed E-state index contributed by atoms with van der Waals surface area (Å²) < 4.78 is 0. The Morgan fingerprint density at radius 2 is 2.47 bits per heavy atom. The summed E-state index contributed by atoms with van der Waals surface area (Å²) in [6.45, 7) is 4.10. The first-order valence-electron chi connectivity index (χ1n) is 5.69. The minimum Gasteiger partial charge on any atom is -0.394 e. The van der Waals surface area contributed by atoms with Crippen molar-refractivity contribution in [3.8, 4) is 0 Å². The van der Waals surface area contributed by atoms with Crippen molar-refractivity contribution in [1.29, 1.82) is 0 Å². The molecule has 1 unspecified atom stereocenters. The summed E-state index contributed by atoms with van der Waals surface area (Å²) in [4.78, 5) is 19.2. The lowest BCUT2D eigenvalue weighted by molar-refractivity contribution is -0.125. The predicted octanol–water partition coefficient (Wildman–Crippen LogP) is -0.689. The van der Waals surface area contributed by atoms with E-state index < -0.39 is 5.54 Å². The van der Waals surface area contributed by atoms with E-state index in [-0.39, 0.29) is 18.6 Å². The van der Waals surface area contributed by atoms with E-state index >= 15 is 0 Å². The van der Waals surface area contributed by atoms with Crippen LogP contribution in [0.1, 0.15) is 25.2 Å². The van der Waals surface area contributed by atoms with Gasteiger partial charge in [-0.15, -0.1) is 0 Å². The molecule has 1 aromatic rings. The molecule has 1 aliphatic rings. The predicted molar refractivity (Wildman–Crippen MR) is 62.2 cm³/mol. The highest BCUT2D eigenvalue weighted by molar-refractivity contribution is 5.83. The molecule has 1 atom stereocenters. The summed E-state index contributed by atoms with van der Waals surface area (Å²) in [6, 6.07) is -0.281. The normalized spacial score (nSPS) is 19.8. The second kappa shape index (κ2) is 4.46. The van der Waals surface area contributed by atoms with Gasteiger partial charge in [-0.25, -0.2) is 4.98 Å². The third-order valence-corrected chi connectivity index (χ3v) is 2.90. The molecule has 0 saturated carbocycles. The van der Waals surface area contributed by atoms with E-state index in [0.717, 1.165) is 11.4 Å². The zero-order valence-electron chi connectivity index (χ0n) is 10.1. The number of hydrogen-bond acceptors (Lipinski definition) is 4. The van der Waals surface area contributed by atoms with Crippen molar-refractivity contribution in [3.05, 3.63) is 17.7 Å². The van der Waals surface area contributed by atoms with Gasteiger partial charge in [0.2, 0.25) is 5.91 Å². The highest BCUT2D eigenvalue weighted by Gasteiger charge is 2.29. The summed E-state index contributed by atoms with van der Waals surface area (Å²) in [7, 11) is 0. The molecule has 1 aliphatic heterocycles. The molecule has 0 bridgehead atoms. The molecule has 2 rings (SSSR count). The summed E-state index contributed by atoms with van der Waals surface area (Å²) in [5.41, 5.74) is 1.38. The van der Waals surface area contributed by atoms with Crippen LogP contribution < -0.4 is 10.6 Å². The highest BCUT2D eigenvalue weighted by Crippen LogP contribution is 2.13. The van der Waals surface area contributed by atoms with E-state index in [9.17, 15) is 4.79 Å². The van der Waals surface area contributed by atoms with Crippen LogP contribution >= 0.6 is 0 Å². The topological polar surface area (TPSA) is 90.0 Å². The molecule has 0 fully saturated rings. The second-order valence-electron chi connectivity index (χ2n) is 5.00. The molecule has 1 aromatic heterocycles. The van der Waals surface area contributed by atoms with Gasteiger partial charge in [0.15, 0.2) is 0 Å². The third kappa shape index (κ3) is 2.65. The fourth-order valence-corrected chi connectivity index (χ4v) is 1.81. The van der Waals surface area contributed by atoms with Gasteiger partial charge >= 0.3 is 0 Å². The molecule has 0 aromatic carbocycles. The first-order valence-corrected chi connectivity index (χ1v) is 5.69. The van der Waals surface area contributed by atoms with Crippen molar-refractivity contribution < 1.29 is 9.90 Å². The fourth-order valence-electron chi connectivity index (χ4n) is 1.81. The van der Waals surface area contributed by atoms with Crippen LogP contribution in [0.15, 0.2) is 6.33 Å². The van der Waals surface area contributed by atoms with E-state index in [4.69, 9.17) is 5.11 Å². The molecular weight excluding hydrogens is 220 g/mol. The van der Waals surface area contributed by atoms with E-state index in [1.54, 1.807) is 20.2 Å². The number of aliphatic hydroxyl groups excluding tert-OH is 1. The van der Waals surface area contributed by atoms with Gasteiger partial charge in [-0.1, -0.05) is 0 Å². The van der Waals surface area contributed by atoms with Gasteiger partial charge in [0.25, 0.3) is 0 Å². The van der Waals surface area contributed by atoms with Crippen LogP contribution in [-0.2, 0) is 17.8 Å². The molecule has 6 heteroatoms. The summed E-state index contributed by atoms with van der Waals surface area (Å²) in [5, 5.41) is 15.1. The lowest BCUT2D eigenvalue weighted by Crippen LogP contribution is -2.55. The molecule has 0 saturated heterocycles. The van der Waals surface area contributed by atoms with E-state index in [1.807, 2.05) is 0 Å². The molecule has 4 N–H and O–H groups in total. The quantitative estimate of drug-likeness (QED) is 0.561. The third-order valence-electron chi connectivity index (χ3n) is 2.90. The monoisotopic (exact) mass is 238 g/mol. The van der Waals surface area contributed by atoms with Crippen molar-refractivity contribution >= 4 is 5.91 Å². The minimum atomic E-state index is -0.593. The maximum Gasteiger partial charge on any atom is 0.238 e. The van der Waals surface area contributed by atoms with Crippen molar-refractivity contribution in [3.63, 3.8) is 0 Å². The number of rotatable bonds is 3. The fraction of sp³-hybridized carbons (Fsp3) is 0.636. The lowest BCUT2D eigenvalue weighted by atomic mass is 10.0. The Kier molecular flexibility index (Phi) is 3.17. The Morgan fingerprint density at radius 1 is 1.71 bits per heavy atom. The number of imidazole rings is 1. The standard InChI is InChI=1S/C11H18N4O2/c1-11(2,5-16)15-10(17)8-3-7-9(4-12-8)14-6-13-7/h6,8,12,16H,3-5H2,1-2H3,(H,13,14)(H,15,17). The van der Waals surface area contributed by atoms with Crippen LogP contribution in [0, 0.1) is 0 Å². The highest BCUT2D eigenvalue weighted by atomic mass is 16.3. The summed E-state index contributed by atoms with van der Waals surface area (Å²) >= 11 is 0. The van der Waals surface area contributed by atoms with Gasteiger partial charge < -0.3 is 15.4 Å². The van der Waals surface area contributed by atoms with Crippen LogP contribution in [-0.4, -0.2) is 39.2 Å². The Balaban J connectivity index is 1.99. The Bertz CT molecular complexity index is 413. The molecule has 94 valence electrons. The number of carbonyl (C=O) groups excluding carboxylic acids is 1. The average molecular weight is 238 g/mol. The number of amides is 1. The van der Waals surface area contributed by atoms with E-state index in [0.29, 0.717) is 13.0 Å². The number of nitrogens with zero attached hydrogens (tertiary/aromatic N) is 1. The Labute approximate surface area is 99.8 Å². The van der Waals surface area contributed by atoms with Crippen LogP contribution in [0.3, 0.4) is 0 Å². The minimum absolute atomic E-state index is 0.0842. The van der Waals surface area contributed by atoms with E-state index in [2.05, 4.69) is 20.6 Å². The number of aromatic amines is 1. The second-order valence-corrected chi connectivity index (χ2v) is 5.00. The number of carbonyl (C=O) groups is 1. The first kappa shape index (κ1) is 12.1. The molecule has 0 radical (unpaired) electrons. The molecule has 17 heavy (non-hydrogen) atoms. The molecule has 0 aliphatic carbocycles. The largest absolute Gasteiger partial charge is 0.394 e. The van der Waals surface area contributed by atoms with Gasteiger partial charge in [-0.2, -0.15) is 0 Å². The van der Waals surface area contributed by atoms with Crippen molar-refractivity contribution in [2.45, 2.75) is 38.4 Å². The van der Waals surface area contributed by atoms with Crippen LogP contribution in [0.4, 0.5) is 0 Å².